The van der Waals surface area contributed by atoms with Gasteiger partial charge in [-0.05, 0) is 12.8 Å². The highest BCUT2D eigenvalue weighted by atomic mass is 19.3. The first-order chi connectivity index (χ1) is 8.87. The Morgan fingerprint density at radius 3 is 1.79 bits per heavy atom. The fourth-order valence-corrected chi connectivity index (χ4v) is 1.75. The maximum atomic E-state index is 13.3. The van der Waals surface area contributed by atoms with Gasteiger partial charge >= 0.3 is 12.0 Å². The van der Waals surface area contributed by atoms with E-state index in [-0.39, 0.29) is 13.0 Å². The third kappa shape index (κ3) is 7.75. The molecule has 0 N–H and O–H groups in total. The van der Waals surface area contributed by atoms with Crippen molar-refractivity contribution in [3.63, 3.8) is 0 Å². The largest absolute Gasteiger partial charge is 0.419 e. The molecule has 0 atom stereocenters. The van der Waals surface area contributed by atoms with E-state index < -0.39 is 18.5 Å². The van der Waals surface area contributed by atoms with Crippen LogP contribution in [0.1, 0.15) is 71.6 Å². The quantitative estimate of drug-likeness (QED) is 0.326. The van der Waals surface area contributed by atoms with Gasteiger partial charge in [0.25, 0.3) is 0 Å². The SMILES string of the molecule is CCCCCCOC(F)(F)C(F)(F)CCCCCC. The first kappa shape index (κ1) is 18.7. The van der Waals surface area contributed by atoms with Crippen LogP contribution in [0.25, 0.3) is 0 Å². The molecule has 0 aliphatic carbocycles. The van der Waals surface area contributed by atoms with Gasteiger partial charge in [0.05, 0.1) is 6.61 Å². The van der Waals surface area contributed by atoms with Gasteiger partial charge in [-0.3, -0.25) is 0 Å². The first-order valence-electron chi connectivity index (χ1n) is 7.27. The molecule has 0 saturated heterocycles. The highest BCUT2D eigenvalue weighted by Gasteiger charge is 2.56. The third-order valence-electron chi connectivity index (χ3n) is 3.05. The number of rotatable bonds is 12. The second kappa shape index (κ2) is 9.56. The van der Waals surface area contributed by atoms with Gasteiger partial charge in [0.15, 0.2) is 0 Å². The topological polar surface area (TPSA) is 9.23 Å². The lowest BCUT2D eigenvalue weighted by atomic mass is 10.1. The summed E-state index contributed by atoms with van der Waals surface area (Å²) in [6, 6.07) is 0. The summed E-state index contributed by atoms with van der Waals surface area (Å²) in [5.41, 5.74) is 0. The number of halogens is 4. The molecule has 0 amide bonds. The zero-order valence-corrected chi connectivity index (χ0v) is 12.0. The average Bonchev–Trinajstić information content (AvgIpc) is 2.34. The van der Waals surface area contributed by atoms with E-state index in [1.807, 2.05) is 13.8 Å². The van der Waals surface area contributed by atoms with Gasteiger partial charge in [-0.1, -0.05) is 52.4 Å². The van der Waals surface area contributed by atoms with Crippen molar-refractivity contribution in [3.05, 3.63) is 0 Å². The van der Waals surface area contributed by atoms with Crippen LogP contribution in [-0.4, -0.2) is 18.6 Å². The molecule has 0 fully saturated rings. The minimum atomic E-state index is -4.34. The Bertz CT molecular complexity index is 219. The summed E-state index contributed by atoms with van der Waals surface area (Å²) in [6.45, 7) is 3.61. The lowest BCUT2D eigenvalue weighted by Gasteiger charge is -2.26. The second-order valence-electron chi connectivity index (χ2n) is 4.94. The summed E-state index contributed by atoms with van der Waals surface area (Å²) in [6.07, 6.45) is 0.181. The molecule has 0 aliphatic heterocycles. The summed E-state index contributed by atoms with van der Waals surface area (Å²) < 4.78 is 57.3. The minimum Gasteiger partial charge on any atom is -0.316 e. The van der Waals surface area contributed by atoms with Crippen molar-refractivity contribution in [2.45, 2.75) is 83.7 Å². The Labute approximate surface area is 113 Å². The number of ether oxygens (including phenoxy) is 1. The molecule has 0 aromatic rings. The van der Waals surface area contributed by atoms with Crippen LogP contribution in [0.2, 0.25) is 0 Å². The summed E-state index contributed by atoms with van der Waals surface area (Å²) in [7, 11) is 0. The Morgan fingerprint density at radius 2 is 1.26 bits per heavy atom. The standard InChI is InChI=1S/C14H26F4O/c1-3-5-7-9-11-13(15,16)14(17,18)19-12-10-8-6-4-2/h3-12H2,1-2H3. The van der Waals surface area contributed by atoms with Crippen LogP contribution in [0.5, 0.6) is 0 Å². The van der Waals surface area contributed by atoms with Crippen molar-refractivity contribution in [1.29, 1.82) is 0 Å². The van der Waals surface area contributed by atoms with Crippen LogP contribution in [0.15, 0.2) is 0 Å². The molecule has 0 aliphatic rings. The van der Waals surface area contributed by atoms with Crippen LogP contribution >= 0.6 is 0 Å². The normalized spacial score (nSPS) is 12.9. The van der Waals surface area contributed by atoms with E-state index >= 15 is 0 Å². The van der Waals surface area contributed by atoms with Crippen molar-refractivity contribution in [3.8, 4) is 0 Å². The number of alkyl halides is 4. The molecule has 0 aromatic carbocycles. The first-order valence-corrected chi connectivity index (χ1v) is 7.27. The summed E-state index contributed by atoms with van der Waals surface area (Å²) >= 11 is 0. The van der Waals surface area contributed by atoms with E-state index in [0.29, 0.717) is 12.8 Å². The van der Waals surface area contributed by atoms with Crippen molar-refractivity contribution >= 4 is 0 Å². The van der Waals surface area contributed by atoms with E-state index in [2.05, 4.69) is 4.74 Å². The Morgan fingerprint density at radius 1 is 0.737 bits per heavy atom. The Kier molecular flexibility index (Phi) is 9.40. The van der Waals surface area contributed by atoms with E-state index in [9.17, 15) is 17.6 Å². The van der Waals surface area contributed by atoms with Gasteiger partial charge in [-0.25, -0.2) is 0 Å². The molecule has 0 spiro atoms. The van der Waals surface area contributed by atoms with Gasteiger partial charge < -0.3 is 4.74 Å². The average molecular weight is 286 g/mol. The summed E-state index contributed by atoms with van der Waals surface area (Å²) in [5, 5.41) is 0. The number of hydrogen-bond acceptors (Lipinski definition) is 1. The van der Waals surface area contributed by atoms with Gasteiger partial charge in [-0.15, -0.1) is 0 Å². The molecule has 0 heterocycles. The van der Waals surface area contributed by atoms with E-state index in [4.69, 9.17) is 0 Å². The Balaban J connectivity index is 3.97. The molecule has 1 nitrogen and oxygen atoms in total. The molecule has 116 valence electrons. The fraction of sp³-hybridized carbons (Fsp3) is 1.00. The lowest BCUT2D eigenvalue weighted by Crippen LogP contribution is -2.43. The summed E-state index contributed by atoms with van der Waals surface area (Å²) in [5.74, 6) is -4.06. The fourth-order valence-electron chi connectivity index (χ4n) is 1.75. The molecule has 19 heavy (non-hydrogen) atoms. The molecule has 0 bridgehead atoms. The summed E-state index contributed by atoms with van der Waals surface area (Å²) in [4.78, 5) is 0. The predicted molar refractivity (Wildman–Crippen MR) is 68.7 cm³/mol. The lowest BCUT2D eigenvalue weighted by molar-refractivity contribution is -0.349. The molecule has 0 unspecified atom stereocenters. The predicted octanol–water partition coefficient (Wildman–Crippen LogP) is 5.78. The number of hydrogen-bond donors (Lipinski definition) is 0. The molecule has 5 heteroatoms. The van der Waals surface area contributed by atoms with Gasteiger partial charge in [-0.2, -0.15) is 17.6 Å². The monoisotopic (exact) mass is 286 g/mol. The molecule has 0 saturated carbocycles. The van der Waals surface area contributed by atoms with Gasteiger partial charge in [0.1, 0.15) is 0 Å². The van der Waals surface area contributed by atoms with Crippen LogP contribution in [0, 0.1) is 0 Å². The van der Waals surface area contributed by atoms with Crippen molar-refractivity contribution in [2.24, 2.45) is 0 Å². The zero-order valence-electron chi connectivity index (χ0n) is 12.0. The van der Waals surface area contributed by atoms with E-state index in [1.54, 1.807) is 0 Å². The Hall–Kier alpha value is -0.320. The van der Waals surface area contributed by atoms with E-state index in [1.165, 1.54) is 0 Å². The van der Waals surface area contributed by atoms with Crippen molar-refractivity contribution in [2.75, 3.05) is 6.61 Å². The van der Waals surface area contributed by atoms with Crippen LogP contribution in [-0.2, 0) is 4.74 Å². The van der Waals surface area contributed by atoms with Gasteiger partial charge in [0.2, 0.25) is 0 Å². The molecule has 0 aromatic heterocycles. The van der Waals surface area contributed by atoms with Crippen molar-refractivity contribution < 1.29 is 22.3 Å². The minimum absolute atomic E-state index is 0.107. The van der Waals surface area contributed by atoms with Crippen LogP contribution < -0.4 is 0 Å². The highest BCUT2D eigenvalue weighted by Crippen LogP contribution is 2.39. The molecule has 0 rings (SSSR count). The molecular weight excluding hydrogens is 260 g/mol. The van der Waals surface area contributed by atoms with Crippen molar-refractivity contribution in [1.82, 2.24) is 0 Å². The van der Waals surface area contributed by atoms with Crippen LogP contribution in [0.3, 0.4) is 0 Å². The third-order valence-corrected chi connectivity index (χ3v) is 3.05. The molecular formula is C14H26F4O. The van der Waals surface area contributed by atoms with Crippen LogP contribution in [0.4, 0.5) is 17.6 Å². The smallest absolute Gasteiger partial charge is 0.316 e. The number of unbranched alkanes of at least 4 members (excludes halogenated alkanes) is 6. The highest BCUT2D eigenvalue weighted by molar-refractivity contribution is 4.77. The maximum absolute atomic E-state index is 13.3. The second-order valence-corrected chi connectivity index (χ2v) is 4.94. The molecule has 0 radical (unpaired) electrons. The van der Waals surface area contributed by atoms with E-state index in [0.717, 1.165) is 32.1 Å². The maximum Gasteiger partial charge on any atom is 0.419 e. The van der Waals surface area contributed by atoms with Gasteiger partial charge in [0, 0.05) is 6.42 Å². The zero-order chi connectivity index (χ0) is 14.8.